The number of rotatable bonds is 2. The number of nitrogens with one attached hydrogen (secondary N) is 1. The second-order valence-corrected chi connectivity index (χ2v) is 5.29. The van der Waals surface area contributed by atoms with Crippen LogP contribution in [0.4, 0.5) is 5.69 Å². The van der Waals surface area contributed by atoms with Crippen molar-refractivity contribution in [1.82, 2.24) is 0 Å². The third kappa shape index (κ3) is 2.76. The number of carbonyl (C=O) groups excluding carboxylic acids is 1. The first-order valence-electron chi connectivity index (χ1n) is 6.95. The van der Waals surface area contributed by atoms with Gasteiger partial charge in [-0.15, -0.1) is 0 Å². The fraction of sp³-hybridized carbons (Fsp3) is 0.111. The lowest BCUT2D eigenvalue weighted by Gasteiger charge is -2.06. The summed E-state index contributed by atoms with van der Waals surface area (Å²) in [5.74, 6) is -0.199. The van der Waals surface area contributed by atoms with Gasteiger partial charge in [-0.25, -0.2) is 4.79 Å². The van der Waals surface area contributed by atoms with Gasteiger partial charge in [0.15, 0.2) is 0 Å². The molecule has 1 heterocycles. The maximum absolute atomic E-state index is 12.3. The number of aryl methyl sites for hydroxylation is 2. The van der Waals surface area contributed by atoms with Gasteiger partial charge in [-0.05, 0) is 50.2 Å². The van der Waals surface area contributed by atoms with E-state index >= 15 is 0 Å². The van der Waals surface area contributed by atoms with Gasteiger partial charge in [-0.1, -0.05) is 17.7 Å². The van der Waals surface area contributed by atoms with Crippen LogP contribution in [0.2, 0.25) is 0 Å². The maximum atomic E-state index is 12.3. The van der Waals surface area contributed by atoms with Crippen molar-refractivity contribution in [2.24, 2.45) is 0 Å². The van der Waals surface area contributed by atoms with E-state index < -0.39 is 0 Å². The normalized spacial score (nSPS) is 10.6. The Bertz CT molecular complexity index is 908. The summed E-state index contributed by atoms with van der Waals surface area (Å²) in [7, 11) is 0. The molecule has 0 saturated heterocycles. The van der Waals surface area contributed by atoms with Gasteiger partial charge < -0.3 is 9.73 Å². The van der Waals surface area contributed by atoms with Gasteiger partial charge in [0.05, 0.1) is 0 Å². The molecule has 0 unspecified atom stereocenters. The van der Waals surface area contributed by atoms with Gasteiger partial charge in [0.1, 0.15) is 5.58 Å². The molecule has 3 aromatic rings. The smallest absolute Gasteiger partial charge is 0.339 e. The first kappa shape index (κ1) is 14.1. The molecule has 1 amide bonds. The summed E-state index contributed by atoms with van der Waals surface area (Å²) in [5, 5.41) is 3.58. The number of carbonyl (C=O) groups is 1. The van der Waals surface area contributed by atoms with Crippen LogP contribution in [-0.4, -0.2) is 5.91 Å². The molecule has 110 valence electrons. The SMILES string of the molecule is Cc1ccc(NC(=O)c2ccc3oc(=O)c(C)cc3c2)cc1. The highest BCUT2D eigenvalue weighted by Gasteiger charge is 2.09. The Morgan fingerprint density at radius 3 is 2.45 bits per heavy atom. The molecule has 0 bridgehead atoms. The Labute approximate surface area is 127 Å². The molecular formula is C18H15NO3. The fourth-order valence-electron chi connectivity index (χ4n) is 2.21. The van der Waals surface area contributed by atoms with Crippen molar-refractivity contribution in [2.45, 2.75) is 13.8 Å². The second-order valence-electron chi connectivity index (χ2n) is 5.29. The second kappa shape index (κ2) is 5.48. The molecule has 4 nitrogen and oxygen atoms in total. The van der Waals surface area contributed by atoms with Crippen LogP contribution in [0, 0.1) is 13.8 Å². The molecule has 0 fully saturated rings. The largest absolute Gasteiger partial charge is 0.423 e. The van der Waals surface area contributed by atoms with Gasteiger partial charge in [0, 0.05) is 22.2 Å². The van der Waals surface area contributed by atoms with Crippen molar-refractivity contribution >= 4 is 22.6 Å². The molecule has 0 aliphatic heterocycles. The third-order valence-corrected chi connectivity index (χ3v) is 3.48. The van der Waals surface area contributed by atoms with Crippen molar-refractivity contribution in [3.63, 3.8) is 0 Å². The van der Waals surface area contributed by atoms with Crippen LogP contribution < -0.4 is 10.9 Å². The molecule has 2 aromatic carbocycles. The molecule has 0 radical (unpaired) electrons. The molecule has 1 N–H and O–H groups in total. The van der Waals surface area contributed by atoms with Crippen LogP contribution in [0.5, 0.6) is 0 Å². The van der Waals surface area contributed by atoms with Crippen LogP contribution in [-0.2, 0) is 0 Å². The highest BCUT2D eigenvalue weighted by atomic mass is 16.4. The van der Waals surface area contributed by atoms with Gasteiger partial charge in [0.25, 0.3) is 5.91 Å². The highest BCUT2D eigenvalue weighted by molar-refractivity contribution is 6.06. The summed E-state index contributed by atoms with van der Waals surface area (Å²) in [5.41, 5.74) is 3.03. The Morgan fingerprint density at radius 2 is 1.73 bits per heavy atom. The Balaban J connectivity index is 1.92. The summed E-state index contributed by atoms with van der Waals surface area (Å²) in [6, 6.07) is 14.3. The van der Waals surface area contributed by atoms with Gasteiger partial charge in [0.2, 0.25) is 0 Å². The van der Waals surface area contributed by atoms with Crippen LogP contribution in [0.15, 0.2) is 57.7 Å². The highest BCUT2D eigenvalue weighted by Crippen LogP contribution is 2.17. The summed E-state index contributed by atoms with van der Waals surface area (Å²) >= 11 is 0. The van der Waals surface area contributed by atoms with Crippen LogP contribution in [0.3, 0.4) is 0 Å². The number of anilines is 1. The van der Waals surface area contributed by atoms with E-state index in [1.165, 1.54) is 0 Å². The predicted molar refractivity (Wildman–Crippen MR) is 86.4 cm³/mol. The molecular weight excluding hydrogens is 278 g/mol. The fourth-order valence-corrected chi connectivity index (χ4v) is 2.21. The Kier molecular flexibility index (Phi) is 3.51. The van der Waals surface area contributed by atoms with Crippen molar-refractivity contribution in [3.8, 4) is 0 Å². The zero-order valence-corrected chi connectivity index (χ0v) is 12.3. The number of fused-ring (bicyclic) bond motifs is 1. The van der Waals surface area contributed by atoms with Crippen LogP contribution >= 0.6 is 0 Å². The van der Waals surface area contributed by atoms with E-state index in [1.54, 1.807) is 31.2 Å². The average Bonchev–Trinajstić information content (AvgIpc) is 2.50. The minimum Gasteiger partial charge on any atom is -0.423 e. The molecule has 22 heavy (non-hydrogen) atoms. The summed E-state index contributed by atoms with van der Waals surface area (Å²) in [6.07, 6.45) is 0. The van der Waals surface area contributed by atoms with E-state index in [0.29, 0.717) is 16.7 Å². The van der Waals surface area contributed by atoms with Crippen molar-refractivity contribution < 1.29 is 9.21 Å². The Morgan fingerprint density at radius 1 is 1.00 bits per heavy atom. The van der Waals surface area contributed by atoms with Gasteiger partial charge in [-0.3, -0.25) is 4.79 Å². The van der Waals surface area contributed by atoms with Crippen LogP contribution in [0.1, 0.15) is 21.5 Å². The maximum Gasteiger partial charge on any atom is 0.339 e. The van der Waals surface area contributed by atoms with Crippen molar-refractivity contribution in [2.75, 3.05) is 5.32 Å². The zero-order valence-electron chi connectivity index (χ0n) is 12.3. The molecule has 4 heteroatoms. The quantitative estimate of drug-likeness (QED) is 0.733. The molecule has 3 rings (SSSR count). The zero-order chi connectivity index (χ0) is 15.7. The number of amides is 1. The van der Waals surface area contributed by atoms with E-state index in [-0.39, 0.29) is 11.5 Å². The van der Waals surface area contributed by atoms with E-state index in [1.807, 2.05) is 31.2 Å². The Hall–Kier alpha value is -2.88. The lowest BCUT2D eigenvalue weighted by atomic mass is 10.1. The molecule has 0 atom stereocenters. The average molecular weight is 293 g/mol. The monoisotopic (exact) mass is 293 g/mol. The lowest BCUT2D eigenvalue weighted by molar-refractivity contribution is 0.102. The van der Waals surface area contributed by atoms with Crippen LogP contribution in [0.25, 0.3) is 11.0 Å². The molecule has 0 spiro atoms. The van der Waals surface area contributed by atoms with Crippen molar-refractivity contribution in [3.05, 3.63) is 75.6 Å². The molecule has 1 aromatic heterocycles. The first-order valence-corrected chi connectivity index (χ1v) is 6.95. The minimum absolute atomic E-state index is 0.199. The van der Waals surface area contributed by atoms with E-state index in [9.17, 15) is 9.59 Å². The predicted octanol–water partition coefficient (Wildman–Crippen LogP) is 3.66. The lowest BCUT2D eigenvalue weighted by Crippen LogP contribution is -2.12. The molecule has 0 aliphatic rings. The topological polar surface area (TPSA) is 59.3 Å². The van der Waals surface area contributed by atoms with Gasteiger partial charge in [-0.2, -0.15) is 0 Å². The number of benzene rings is 2. The molecule has 0 saturated carbocycles. The van der Waals surface area contributed by atoms with E-state index in [0.717, 1.165) is 16.6 Å². The first-order chi connectivity index (χ1) is 10.5. The minimum atomic E-state index is -0.357. The van der Waals surface area contributed by atoms with E-state index in [4.69, 9.17) is 4.42 Å². The summed E-state index contributed by atoms with van der Waals surface area (Å²) < 4.78 is 5.17. The van der Waals surface area contributed by atoms with E-state index in [2.05, 4.69) is 5.32 Å². The summed E-state index contributed by atoms with van der Waals surface area (Å²) in [6.45, 7) is 3.68. The number of hydrogen-bond acceptors (Lipinski definition) is 3. The standard InChI is InChI=1S/C18H15NO3/c1-11-3-6-15(7-4-11)19-17(20)13-5-8-16-14(10-13)9-12(2)18(21)22-16/h3-10H,1-2H3,(H,19,20). The summed E-state index contributed by atoms with van der Waals surface area (Å²) in [4.78, 5) is 23.8. The molecule has 0 aliphatic carbocycles. The van der Waals surface area contributed by atoms with Gasteiger partial charge >= 0.3 is 5.63 Å². The number of hydrogen-bond donors (Lipinski definition) is 1. The van der Waals surface area contributed by atoms with Crippen molar-refractivity contribution in [1.29, 1.82) is 0 Å². The third-order valence-electron chi connectivity index (χ3n) is 3.48.